The lowest BCUT2D eigenvalue weighted by atomic mass is 10.1. The quantitative estimate of drug-likeness (QED) is 0.832. The molecule has 7 heteroatoms. The summed E-state index contributed by atoms with van der Waals surface area (Å²) in [6, 6.07) is 10.1. The number of benzene rings is 1. The molecule has 1 aliphatic heterocycles. The van der Waals surface area contributed by atoms with Crippen molar-refractivity contribution in [3.63, 3.8) is 0 Å². The summed E-state index contributed by atoms with van der Waals surface area (Å²) in [6.07, 6.45) is 1.26. The zero-order chi connectivity index (χ0) is 19.4. The third-order valence-electron chi connectivity index (χ3n) is 5.18. The van der Waals surface area contributed by atoms with Crippen LogP contribution in [0.2, 0.25) is 0 Å². The maximum atomic E-state index is 12.7. The van der Waals surface area contributed by atoms with Gasteiger partial charge in [-0.2, -0.15) is 0 Å². The van der Waals surface area contributed by atoms with Gasteiger partial charge >= 0.3 is 5.69 Å². The SMILES string of the molecule is CC[C@H]1CN(Cc2c(C)[nH]c(=O)[nH]c2=O)CCC(=O)N1Cc1ccccc1. The van der Waals surface area contributed by atoms with Crippen LogP contribution in [-0.4, -0.2) is 44.8 Å². The minimum Gasteiger partial charge on any atom is -0.334 e. The van der Waals surface area contributed by atoms with E-state index in [1.807, 2.05) is 35.2 Å². The summed E-state index contributed by atoms with van der Waals surface area (Å²) in [5.41, 5.74) is 1.39. The number of rotatable bonds is 5. The van der Waals surface area contributed by atoms with Crippen LogP contribution in [0.25, 0.3) is 0 Å². The maximum Gasteiger partial charge on any atom is 0.325 e. The van der Waals surface area contributed by atoms with E-state index < -0.39 is 5.69 Å². The van der Waals surface area contributed by atoms with Gasteiger partial charge in [0.1, 0.15) is 0 Å². The fourth-order valence-electron chi connectivity index (χ4n) is 3.62. The molecule has 2 heterocycles. The van der Waals surface area contributed by atoms with Crippen LogP contribution in [0.5, 0.6) is 0 Å². The number of carbonyl (C=O) groups excluding carboxylic acids is 1. The molecule has 1 fully saturated rings. The predicted octanol–water partition coefficient (Wildman–Crippen LogP) is 1.38. The van der Waals surface area contributed by atoms with Crippen molar-refractivity contribution in [1.82, 2.24) is 19.8 Å². The van der Waals surface area contributed by atoms with E-state index in [0.29, 0.717) is 43.9 Å². The van der Waals surface area contributed by atoms with Crippen molar-refractivity contribution in [2.45, 2.75) is 45.8 Å². The number of hydrogen-bond acceptors (Lipinski definition) is 4. The molecular formula is C20H26N4O3. The number of aromatic nitrogens is 2. The molecule has 1 atom stereocenters. The average Bonchev–Trinajstić information content (AvgIpc) is 2.79. The molecule has 0 bridgehead atoms. The summed E-state index contributed by atoms with van der Waals surface area (Å²) in [4.78, 5) is 45.3. The molecule has 144 valence electrons. The summed E-state index contributed by atoms with van der Waals surface area (Å²) in [6.45, 7) is 6.13. The summed E-state index contributed by atoms with van der Waals surface area (Å²) in [5, 5.41) is 0. The lowest BCUT2D eigenvalue weighted by Gasteiger charge is -2.31. The molecule has 3 rings (SSSR count). The van der Waals surface area contributed by atoms with Gasteiger partial charge in [-0.1, -0.05) is 37.3 Å². The Morgan fingerprint density at radius 3 is 2.48 bits per heavy atom. The van der Waals surface area contributed by atoms with Crippen LogP contribution in [0.15, 0.2) is 39.9 Å². The summed E-state index contributed by atoms with van der Waals surface area (Å²) < 4.78 is 0. The molecule has 0 aliphatic carbocycles. The molecule has 1 saturated heterocycles. The molecule has 0 spiro atoms. The normalized spacial score (nSPS) is 18.5. The van der Waals surface area contributed by atoms with Gasteiger partial charge < -0.3 is 9.88 Å². The number of aromatic amines is 2. The second kappa shape index (κ2) is 8.35. The minimum atomic E-state index is -0.493. The van der Waals surface area contributed by atoms with Gasteiger partial charge in [0.2, 0.25) is 5.91 Å². The first-order chi connectivity index (χ1) is 13.0. The van der Waals surface area contributed by atoms with E-state index in [0.717, 1.165) is 12.0 Å². The van der Waals surface area contributed by atoms with Gasteiger partial charge in [-0.25, -0.2) is 4.79 Å². The van der Waals surface area contributed by atoms with Crippen LogP contribution < -0.4 is 11.2 Å². The minimum absolute atomic E-state index is 0.0855. The molecule has 0 radical (unpaired) electrons. The number of nitrogens with one attached hydrogen (secondary N) is 2. The summed E-state index contributed by atoms with van der Waals surface area (Å²) >= 11 is 0. The van der Waals surface area contributed by atoms with E-state index >= 15 is 0 Å². The lowest BCUT2D eigenvalue weighted by Crippen LogP contribution is -2.42. The third-order valence-corrected chi connectivity index (χ3v) is 5.18. The van der Waals surface area contributed by atoms with Gasteiger partial charge in [-0.05, 0) is 18.9 Å². The second-order valence-corrected chi connectivity index (χ2v) is 7.07. The molecule has 1 aliphatic rings. The molecule has 2 aromatic rings. The van der Waals surface area contributed by atoms with Crippen molar-refractivity contribution in [3.05, 3.63) is 68.0 Å². The van der Waals surface area contributed by atoms with Crippen LogP contribution in [0.3, 0.4) is 0 Å². The van der Waals surface area contributed by atoms with E-state index in [9.17, 15) is 14.4 Å². The topological polar surface area (TPSA) is 89.3 Å². The Morgan fingerprint density at radius 1 is 1.07 bits per heavy atom. The van der Waals surface area contributed by atoms with Crippen molar-refractivity contribution in [2.24, 2.45) is 0 Å². The van der Waals surface area contributed by atoms with Crippen molar-refractivity contribution in [1.29, 1.82) is 0 Å². The number of amides is 1. The Labute approximate surface area is 158 Å². The maximum absolute atomic E-state index is 12.7. The largest absolute Gasteiger partial charge is 0.334 e. The Balaban J connectivity index is 1.78. The summed E-state index contributed by atoms with van der Waals surface area (Å²) in [5.74, 6) is 0.139. The zero-order valence-corrected chi connectivity index (χ0v) is 15.8. The highest BCUT2D eigenvalue weighted by molar-refractivity contribution is 5.77. The first kappa shape index (κ1) is 19.1. The van der Waals surface area contributed by atoms with Crippen molar-refractivity contribution in [3.8, 4) is 0 Å². The van der Waals surface area contributed by atoms with E-state index in [1.165, 1.54) is 0 Å². The number of nitrogens with zero attached hydrogens (tertiary/aromatic N) is 2. The molecular weight excluding hydrogens is 344 g/mol. The van der Waals surface area contributed by atoms with Crippen molar-refractivity contribution >= 4 is 5.91 Å². The van der Waals surface area contributed by atoms with Crippen LogP contribution in [-0.2, 0) is 17.9 Å². The average molecular weight is 370 g/mol. The number of aryl methyl sites for hydroxylation is 1. The molecule has 0 saturated carbocycles. The molecule has 1 aromatic heterocycles. The van der Waals surface area contributed by atoms with E-state index in [2.05, 4.69) is 21.8 Å². The Morgan fingerprint density at radius 2 is 1.81 bits per heavy atom. The van der Waals surface area contributed by atoms with E-state index in [1.54, 1.807) is 6.92 Å². The second-order valence-electron chi connectivity index (χ2n) is 7.07. The molecule has 1 aromatic carbocycles. The number of H-pyrrole nitrogens is 2. The van der Waals surface area contributed by atoms with Gasteiger partial charge in [-0.15, -0.1) is 0 Å². The van der Waals surface area contributed by atoms with Crippen LogP contribution >= 0.6 is 0 Å². The fraction of sp³-hybridized carbons (Fsp3) is 0.450. The summed E-state index contributed by atoms with van der Waals surface area (Å²) in [7, 11) is 0. The van der Waals surface area contributed by atoms with Gasteiger partial charge in [0, 0.05) is 44.3 Å². The van der Waals surface area contributed by atoms with Gasteiger partial charge in [0.25, 0.3) is 5.56 Å². The molecule has 27 heavy (non-hydrogen) atoms. The molecule has 1 amide bonds. The predicted molar refractivity (Wildman–Crippen MR) is 103 cm³/mol. The van der Waals surface area contributed by atoms with Gasteiger partial charge in [0.15, 0.2) is 0 Å². The highest BCUT2D eigenvalue weighted by Crippen LogP contribution is 2.19. The molecule has 2 N–H and O–H groups in total. The molecule has 0 unspecified atom stereocenters. The third kappa shape index (κ3) is 4.54. The Hall–Kier alpha value is -2.67. The fourth-order valence-corrected chi connectivity index (χ4v) is 3.62. The highest BCUT2D eigenvalue weighted by atomic mass is 16.2. The first-order valence-electron chi connectivity index (χ1n) is 9.35. The van der Waals surface area contributed by atoms with Crippen LogP contribution in [0.1, 0.15) is 36.6 Å². The standard InChI is InChI=1S/C20H26N4O3/c1-3-16-12-23(13-17-14(2)21-20(27)22-19(17)26)10-9-18(25)24(16)11-15-7-5-4-6-8-15/h4-8,16H,3,9-13H2,1-2H3,(H2,21,22,26,27)/t16-/m0/s1. The Bertz CT molecular complexity index is 903. The van der Waals surface area contributed by atoms with Crippen LogP contribution in [0.4, 0.5) is 0 Å². The smallest absolute Gasteiger partial charge is 0.325 e. The van der Waals surface area contributed by atoms with Gasteiger partial charge in [-0.3, -0.25) is 19.5 Å². The van der Waals surface area contributed by atoms with Crippen molar-refractivity contribution in [2.75, 3.05) is 13.1 Å². The number of carbonyl (C=O) groups is 1. The van der Waals surface area contributed by atoms with E-state index in [-0.39, 0.29) is 17.5 Å². The van der Waals surface area contributed by atoms with E-state index in [4.69, 9.17) is 0 Å². The first-order valence-corrected chi connectivity index (χ1v) is 9.35. The Kier molecular flexibility index (Phi) is 5.91. The van der Waals surface area contributed by atoms with Crippen molar-refractivity contribution < 1.29 is 4.79 Å². The molecule has 7 nitrogen and oxygen atoms in total. The lowest BCUT2D eigenvalue weighted by molar-refractivity contribution is -0.133. The monoisotopic (exact) mass is 370 g/mol. The number of hydrogen-bond donors (Lipinski definition) is 2. The zero-order valence-electron chi connectivity index (χ0n) is 15.8. The van der Waals surface area contributed by atoms with Gasteiger partial charge in [0.05, 0.1) is 5.56 Å². The van der Waals surface area contributed by atoms with Crippen LogP contribution in [0, 0.1) is 6.92 Å². The highest BCUT2D eigenvalue weighted by Gasteiger charge is 2.29.